The van der Waals surface area contributed by atoms with Crippen LogP contribution in [0.25, 0.3) is 0 Å². The Labute approximate surface area is 106 Å². The van der Waals surface area contributed by atoms with Gasteiger partial charge in [-0.25, -0.2) is 13.6 Å². The number of nitrogens with one attached hydrogen (secondary N) is 1. The maximum Gasteiger partial charge on any atom is 0.238 e. The molecule has 1 heterocycles. The number of rotatable bonds is 4. The summed E-state index contributed by atoms with van der Waals surface area (Å²) in [7, 11) is -3.67. The van der Waals surface area contributed by atoms with E-state index in [1.54, 1.807) is 12.1 Å². The molecule has 0 atom stereocenters. The summed E-state index contributed by atoms with van der Waals surface area (Å²) < 4.78 is 27.8. The fourth-order valence-electron chi connectivity index (χ4n) is 1.55. The van der Waals surface area contributed by atoms with Crippen molar-refractivity contribution in [1.29, 1.82) is 0 Å². The quantitative estimate of drug-likeness (QED) is 0.884. The fourth-order valence-corrected chi connectivity index (χ4v) is 2.11. The van der Waals surface area contributed by atoms with Gasteiger partial charge in [0.1, 0.15) is 11.5 Å². The van der Waals surface area contributed by atoms with Crippen molar-refractivity contribution in [3.05, 3.63) is 47.9 Å². The van der Waals surface area contributed by atoms with Crippen molar-refractivity contribution < 1.29 is 12.8 Å². The summed E-state index contributed by atoms with van der Waals surface area (Å²) in [6, 6.07) is 10.1. The summed E-state index contributed by atoms with van der Waals surface area (Å²) in [5.74, 6) is 1.62. The van der Waals surface area contributed by atoms with Crippen molar-refractivity contribution in [2.45, 2.75) is 18.4 Å². The van der Waals surface area contributed by atoms with E-state index in [9.17, 15) is 8.42 Å². The summed E-state index contributed by atoms with van der Waals surface area (Å²) in [5, 5.41) is 8.14. The number of sulfonamides is 1. The molecule has 2 aromatic rings. The minimum Gasteiger partial charge on any atom is -0.465 e. The van der Waals surface area contributed by atoms with Crippen LogP contribution in [0.1, 0.15) is 11.5 Å². The number of hydrogen-bond donors (Lipinski definition) is 2. The Morgan fingerprint density at radius 1 is 1.28 bits per heavy atom. The SMILES string of the molecule is Cc1ccc(CNc2cccc(S(N)(=O)=O)c2)o1. The lowest BCUT2D eigenvalue weighted by atomic mass is 10.3. The Hall–Kier alpha value is -1.79. The second-order valence-electron chi connectivity index (χ2n) is 3.94. The Morgan fingerprint density at radius 2 is 2.06 bits per heavy atom. The average Bonchev–Trinajstić information content (AvgIpc) is 2.72. The molecule has 3 N–H and O–H groups in total. The van der Waals surface area contributed by atoms with Crippen LogP contribution in [0, 0.1) is 6.92 Å². The Morgan fingerprint density at radius 3 is 2.67 bits per heavy atom. The summed E-state index contributed by atoms with van der Waals surface area (Å²) in [5.41, 5.74) is 0.676. The summed E-state index contributed by atoms with van der Waals surface area (Å²) in [4.78, 5) is 0.0862. The molecule has 0 amide bonds. The highest BCUT2D eigenvalue weighted by Gasteiger charge is 2.07. The predicted molar refractivity (Wildman–Crippen MR) is 68.6 cm³/mol. The van der Waals surface area contributed by atoms with E-state index in [2.05, 4.69) is 5.32 Å². The maximum atomic E-state index is 11.2. The van der Waals surface area contributed by atoms with Gasteiger partial charge in [-0.2, -0.15) is 0 Å². The van der Waals surface area contributed by atoms with Crippen molar-refractivity contribution in [3.8, 4) is 0 Å². The molecule has 1 aromatic heterocycles. The fraction of sp³-hybridized carbons (Fsp3) is 0.167. The maximum absolute atomic E-state index is 11.2. The summed E-state index contributed by atoms with van der Waals surface area (Å²) >= 11 is 0. The van der Waals surface area contributed by atoms with Gasteiger partial charge in [0, 0.05) is 5.69 Å². The van der Waals surface area contributed by atoms with Gasteiger partial charge in [0.15, 0.2) is 0 Å². The lowest BCUT2D eigenvalue weighted by Crippen LogP contribution is -2.12. The number of nitrogens with two attached hydrogens (primary N) is 1. The molecule has 0 aliphatic carbocycles. The van der Waals surface area contributed by atoms with Gasteiger partial charge in [0.25, 0.3) is 0 Å². The highest BCUT2D eigenvalue weighted by molar-refractivity contribution is 7.89. The Bertz CT molecular complexity index is 647. The smallest absolute Gasteiger partial charge is 0.238 e. The molecule has 0 unspecified atom stereocenters. The molecule has 0 radical (unpaired) electrons. The lowest BCUT2D eigenvalue weighted by molar-refractivity contribution is 0.490. The molecular weight excluding hydrogens is 252 g/mol. The molecule has 0 aliphatic rings. The highest BCUT2D eigenvalue weighted by atomic mass is 32.2. The first-order valence-corrected chi connectivity index (χ1v) is 6.92. The number of benzene rings is 1. The second-order valence-corrected chi connectivity index (χ2v) is 5.50. The molecule has 1 aromatic carbocycles. The van der Waals surface area contributed by atoms with Crippen LogP contribution in [0.15, 0.2) is 45.7 Å². The topological polar surface area (TPSA) is 85.3 Å². The van der Waals surface area contributed by atoms with Gasteiger partial charge in [-0.3, -0.25) is 0 Å². The van der Waals surface area contributed by atoms with E-state index in [1.807, 2.05) is 19.1 Å². The minimum atomic E-state index is -3.67. The molecule has 6 heteroatoms. The number of anilines is 1. The third-order valence-corrected chi connectivity index (χ3v) is 3.34. The number of furan rings is 1. The Balaban J connectivity index is 2.11. The van der Waals surface area contributed by atoms with Crippen LogP contribution in [-0.4, -0.2) is 8.42 Å². The van der Waals surface area contributed by atoms with Crippen LogP contribution in [0.5, 0.6) is 0 Å². The molecule has 2 rings (SSSR count). The zero-order chi connectivity index (χ0) is 13.2. The molecule has 96 valence electrons. The largest absolute Gasteiger partial charge is 0.465 e. The number of aryl methyl sites for hydroxylation is 1. The van der Waals surface area contributed by atoms with Crippen LogP contribution >= 0.6 is 0 Å². The first-order valence-electron chi connectivity index (χ1n) is 5.37. The lowest BCUT2D eigenvalue weighted by Gasteiger charge is -2.06. The van der Waals surface area contributed by atoms with Crippen molar-refractivity contribution in [1.82, 2.24) is 0 Å². The molecular formula is C12H14N2O3S. The van der Waals surface area contributed by atoms with Crippen molar-refractivity contribution in [2.24, 2.45) is 5.14 Å². The molecule has 0 saturated heterocycles. The predicted octanol–water partition coefficient (Wildman–Crippen LogP) is 1.85. The van der Waals surface area contributed by atoms with E-state index in [1.165, 1.54) is 12.1 Å². The standard InChI is InChI=1S/C12H14N2O3S/c1-9-5-6-11(17-9)8-14-10-3-2-4-12(7-10)18(13,15)16/h2-7,14H,8H2,1H3,(H2,13,15,16). The van der Waals surface area contributed by atoms with Gasteiger partial charge >= 0.3 is 0 Å². The van der Waals surface area contributed by atoms with Gasteiger partial charge in [0.2, 0.25) is 10.0 Å². The van der Waals surface area contributed by atoms with E-state index in [-0.39, 0.29) is 4.90 Å². The van der Waals surface area contributed by atoms with Crippen molar-refractivity contribution >= 4 is 15.7 Å². The van der Waals surface area contributed by atoms with Gasteiger partial charge < -0.3 is 9.73 Å². The first-order chi connectivity index (χ1) is 8.45. The van der Waals surface area contributed by atoms with Crippen LogP contribution < -0.4 is 10.5 Å². The highest BCUT2D eigenvalue weighted by Crippen LogP contribution is 2.15. The van der Waals surface area contributed by atoms with Gasteiger partial charge in [-0.15, -0.1) is 0 Å². The molecule has 0 fully saturated rings. The first kappa shape index (κ1) is 12.7. The molecule has 18 heavy (non-hydrogen) atoms. The molecule has 0 spiro atoms. The van der Waals surface area contributed by atoms with Crippen molar-refractivity contribution in [3.63, 3.8) is 0 Å². The third-order valence-electron chi connectivity index (χ3n) is 2.43. The number of primary sulfonamides is 1. The average molecular weight is 266 g/mol. The van der Waals surface area contributed by atoms with Gasteiger partial charge in [0.05, 0.1) is 11.4 Å². The minimum absolute atomic E-state index is 0.0862. The van der Waals surface area contributed by atoms with Crippen LogP contribution in [0.4, 0.5) is 5.69 Å². The van der Waals surface area contributed by atoms with Gasteiger partial charge in [-0.05, 0) is 37.3 Å². The normalized spacial score (nSPS) is 11.4. The van der Waals surface area contributed by atoms with E-state index in [4.69, 9.17) is 9.56 Å². The van der Waals surface area contributed by atoms with Crippen molar-refractivity contribution in [2.75, 3.05) is 5.32 Å². The third kappa shape index (κ3) is 3.12. The number of hydrogen-bond acceptors (Lipinski definition) is 4. The van der Waals surface area contributed by atoms with E-state index in [0.717, 1.165) is 11.5 Å². The van der Waals surface area contributed by atoms with Crippen LogP contribution in [0.3, 0.4) is 0 Å². The Kier molecular flexibility index (Phi) is 3.40. The molecule has 0 saturated carbocycles. The van der Waals surface area contributed by atoms with Gasteiger partial charge in [-0.1, -0.05) is 6.07 Å². The monoisotopic (exact) mass is 266 g/mol. The molecule has 0 bridgehead atoms. The van der Waals surface area contributed by atoms with E-state index in [0.29, 0.717) is 12.2 Å². The second kappa shape index (κ2) is 4.83. The zero-order valence-corrected chi connectivity index (χ0v) is 10.7. The zero-order valence-electron chi connectivity index (χ0n) is 9.88. The van der Waals surface area contributed by atoms with E-state index < -0.39 is 10.0 Å². The van der Waals surface area contributed by atoms with Crippen LogP contribution in [0.2, 0.25) is 0 Å². The molecule has 0 aliphatic heterocycles. The summed E-state index contributed by atoms with van der Waals surface area (Å²) in [6.45, 7) is 2.35. The summed E-state index contributed by atoms with van der Waals surface area (Å²) in [6.07, 6.45) is 0. The molecule has 5 nitrogen and oxygen atoms in total. The van der Waals surface area contributed by atoms with Crippen LogP contribution in [-0.2, 0) is 16.6 Å². The van der Waals surface area contributed by atoms with E-state index >= 15 is 0 Å².